The number of hydrogen-bond acceptors (Lipinski definition) is 3. The van der Waals surface area contributed by atoms with E-state index in [0.29, 0.717) is 5.02 Å². The third kappa shape index (κ3) is 4.63. The third-order valence-corrected chi connectivity index (χ3v) is 5.93. The molecular formula is C19H20Cl2N2OS. The number of carbonyl (C=O) groups excluding carboxylic acids is 1. The lowest BCUT2D eigenvalue weighted by Gasteiger charge is -2.37. The van der Waals surface area contributed by atoms with Gasteiger partial charge in [-0.2, -0.15) is 0 Å². The second kappa shape index (κ2) is 8.35. The highest BCUT2D eigenvalue weighted by atomic mass is 35.5. The maximum absolute atomic E-state index is 12.7. The molecule has 0 aliphatic carbocycles. The number of anilines is 1. The van der Waals surface area contributed by atoms with E-state index in [1.54, 1.807) is 11.8 Å². The molecule has 1 aliphatic heterocycles. The maximum atomic E-state index is 12.7. The van der Waals surface area contributed by atoms with Crippen molar-refractivity contribution in [2.24, 2.45) is 0 Å². The van der Waals surface area contributed by atoms with Gasteiger partial charge in [-0.3, -0.25) is 4.79 Å². The molecule has 1 saturated heterocycles. The molecule has 25 heavy (non-hydrogen) atoms. The predicted octanol–water partition coefficient (Wildman–Crippen LogP) is 4.82. The highest BCUT2D eigenvalue weighted by molar-refractivity contribution is 8.00. The summed E-state index contributed by atoms with van der Waals surface area (Å²) in [5.74, 6) is 0.179. The van der Waals surface area contributed by atoms with Crippen molar-refractivity contribution in [1.29, 1.82) is 0 Å². The third-order valence-electron chi connectivity index (χ3n) is 4.26. The van der Waals surface area contributed by atoms with Gasteiger partial charge in [-0.25, -0.2) is 0 Å². The van der Waals surface area contributed by atoms with Crippen LogP contribution in [0.25, 0.3) is 0 Å². The minimum absolute atomic E-state index is 0.118. The van der Waals surface area contributed by atoms with Gasteiger partial charge in [-0.1, -0.05) is 35.3 Å². The van der Waals surface area contributed by atoms with Crippen molar-refractivity contribution in [1.82, 2.24) is 4.90 Å². The zero-order chi connectivity index (χ0) is 17.8. The molecule has 2 aromatic rings. The molecule has 0 spiro atoms. The van der Waals surface area contributed by atoms with Crippen LogP contribution in [0.2, 0.25) is 10.0 Å². The van der Waals surface area contributed by atoms with Crippen LogP contribution in [0.4, 0.5) is 5.69 Å². The normalized spacial score (nSPS) is 16.0. The summed E-state index contributed by atoms with van der Waals surface area (Å²) in [6.07, 6.45) is 0. The lowest BCUT2D eigenvalue weighted by atomic mass is 10.2. The van der Waals surface area contributed by atoms with Gasteiger partial charge in [0.1, 0.15) is 0 Å². The van der Waals surface area contributed by atoms with E-state index in [4.69, 9.17) is 23.2 Å². The Morgan fingerprint density at radius 3 is 2.28 bits per heavy atom. The molecule has 3 rings (SSSR count). The van der Waals surface area contributed by atoms with E-state index >= 15 is 0 Å². The van der Waals surface area contributed by atoms with E-state index in [-0.39, 0.29) is 11.2 Å². The molecular weight excluding hydrogens is 375 g/mol. The summed E-state index contributed by atoms with van der Waals surface area (Å²) in [5.41, 5.74) is 1.04. The predicted molar refractivity (Wildman–Crippen MR) is 107 cm³/mol. The van der Waals surface area contributed by atoms with E-state index < -0.39 is 0 Å². The van der Waals surface area contributed by atoms with Crippen LogP contribution < -0.4 is 4.90 Å². The number of carbonyl (C=O) groups is 1. The lowest BCUT2D eigenvalue weighted by Crippen LogP contribution is -2.50. The van der Waals surface area contributed by atoms with Crippen molar-refractivity contribution < 1.29 is 4.79 Å². The molecule has 1 heterocycles. The van der Waals surface area contributed by atoms with Gasteiger partial charge in [-0.05, 0) is 43.3 Å². The summed E-state index contributed by atoms with van der Waals surface area (Å²) in [5, 5.41) is 1.35. The van der Waals surface area contributed by atoms with Crippen molar-refractivity contribution in [2.45, 2.75) is 17.1 Å². The van der Waals surface area contributed by atoms with Crippen molar-refractivity contribution in [3.8, 4) is 0 Å². The number of nitrogens with zero attached hydrogens (tertiary/aromatic N) is 2. The first-order chi connectivity index (χ1) is 12.0. The lowest BCUT2D eigenvalue weighted by molar-refractivity contribution is -0.130. The van der Waals surface area contributed by atoms with Crippen LogP contribution >= 0.6 is 35.0 Å². The largest absolute Gasteiger partial charge is 0.367 e. The number of halogens is 2. The highest BCUT2D eigenvalue weighted by Crippen LogP contribution is 2.28. The number of benzene rings is 2. The van der Waals surface area contributed by atoms with Crippen LogP contribution in [0, 0.1) is 0 Å². The molecule has 1 atom stereocenters. The smallest absolute Gasteiger partial charge is 0.235 e. The Morgan fingerprint density at radius 1 is 1.00 bits per heavy atom. The van der Waals surface area contributed by atoms with Crippen LogP contribution in [-0.2, 0) is 4.79 Å². The second-order valence-electron chi connectivity index (χ2n) is 5.98. The fraction of sp³-hybridized carbons (Fsp3) is 0.316. The monoisotopic (exact) mass is 394 g/mol. The number of para-hydroxylation sites is 1. The summed E-state index contributed by atoms with van der Waals surface area (Å²) in [6, 6.07) is 15.5. The fourth-order valence-electron chi connectivity index (χ4n) is 2.90. The van der Waals surface area contributed by atoms with Crippen LogP contribution in [0.1, 0.15) is 6.92 Å². The Balaban J connectivity index is 1.56. The second-order valence-corrected chi connectivity index (χ2v) is 8.24. The molecule has 0 N–H and O–H groups in total. The van der Waals surface area contributed by atoms with E-state index in [0.717, 1.165) is 41.8 Å². The molecule has 1 fully saturated rings. The molecule has 1 aliphatic rings. The molecule has 2 aromatic carbocycles. The summed E-state index contributed by atoms with van der Waals surface area (Å²) in [7, 11) is 0. The first-order valence-corrected chi connectivity index (χ1v) is 9.88. The molecule has 0 unspecified atom stereocenters. The molecule has 132 valence electrons. The van der Waals surface area contributed by atoms with E-state index in [9.17, 15) is 4.79 Å². The fourth-order valence-corrected chi connectivity index (χ4v) is 4.23. The first-order valence-electron chi connectivity index (χ1n) is 8.25. The Kier molecular flexibility index (Phi) is 6.15. The van der Waals surface area contributed by atoms with Gasteiger partial charge in [-0.15, -0.1) is 11.8 Å². The first kappa shape index (κ1) is 18.4. The van der Waals surface area contributed by atoms with E-state index in [1.165, 1.54) is 0 Å². The minimum atomic E-state index is -0.118. The number of amides is 1. The minimum Gasteiger partial charge on any atom is -0.367 e. The molecule has 0 radical (unpaired) electrons. The number of rotatable bonds is 4. The Labute approximate surface area is 162 Å². The zero-order valence-electron chi connectivity index (χ0n) is 14.0. The van der Waals surface area contributed by atoms with E-state index in [2.05, 4.69) is 4.90 Å². The zero-order valence-corrected chi connectivity index (χ0v) is 16.3. The quantitative estimate of drug-likeness (QED) is 0.694. The van der Waals surface area contributed by atoms with Crippen LogP contribution in [0.3, 0.4) is 0 Å². The molecule has 0 aromatic heterocycles. The molecule has 1 amide bonds. The number of thioether (sulfide) groups is 1. The number of piperazine rings is 1. The van der Waals surface area contributed by atoms with Crippen LogP contribution in [-0.4, -0.2) is 42.2 Å². The Bertz CT molecular complexity index is 730. The Morgan fingerprint density at radius 2 is 1.64 bits per heavy atom. The summed E-state index contributed by atoms with van der Waals surface area (Å²) in [4.78, 5) is 18.0. The van der Waals surface area contributed by atoms with Crippen molar-refractivity contribution in [3.63, 3.8) is 0 Å². The van der Waals surface area contributed by atoms with E-state index in [1.807, 2.05) is 60.4 Å². The van der Waals surface area contributed by atoms with Gasteiger partial charge < -0.3 is 9.80 Å². The molecule has 0 bridgehead atoms. The standard InChI is InChI=1S/C19H20Cl2N2OS/c1-14(25-16-8-6-15(20)7-9-16)19(24)23-12-10-22(11-13-23)18-5-3-2-4-17(18)21/h2-9,14H,10-13H2,1H3/t14-/m1/s1. The molecule has 3 nitrogen and oxygen atoms in total. The van der Waals surface area contributed by atoms with Crippen molar-refractivity contribution in [2.75, 3.05) is 31.1 Å². The van der Waals surface area contributed by atoms with Crippen molar-refractivity contribution in [3.05, 3.63) is 58.6 Å². The van der Waals surface area contributed by atoms with Crippen LogP contribution in [0.5, 0.6) is 0 Å². The van der Waals surface area contributed by atoms with Gasteiger partial charge in [0.2, 0.25) is 5.91 Å². The molecule has 6 heteroatoms. The average molecular weight is 395 g/mol. The summed E-state index contributed by atoms with van der Waals surface area (Å²) in [6.45, 7) is 4.99. The highest BCUT2D eigenvalue weighted by Gasteiger charge is 2.26. The maximum Gasteiger partial charge on any atom is 0.235 e. The van der Waals surface area contributed by atoms with Gasteiger partial charge >= 0.3 is 0 Å². The summed E-state index contributed by atoms with van der Waals surface area (Å²) >= 11 is 13.8. The molecule has 0 saturated carbocycles. The number of hydrogen-bond donors (Lipinski definition) is 0. The van der Waals surface area contributed by atoms with Crippen molar-refractivity contribution >= 4 is 46.6 Å². The van der Waals surface area contributed by atoms with Gasteiger partial charge in [0.15, 0.2) is 0 Å². The van der Waals surface area contributed by atoms with Gasteiger partial charge in [0.05, 0.1) is 16.0 Å². The average Bonchev–Trinajstić information content (AvgIpc) is 2.63. The van der Waals surface area contributed by atoms with Gasteiger partial charge in [0, 0.05) is 36.1 Å². The van der Waals surface area contributed by atoms with Gasteiger partial charge in [0.25, 0.3) is 0 Å². The topological polar surface area (TPSA) is 23.6 Å². The SMILES string of the molecule is C[C@@H](Sc1ccc(Cl)cc1)C(=O)N1CCN(c2ccccc2Cl)CC1. The Hall–Kier alpha value is -1.36. The summed E-state index contributed by atoms with van der Waals surface area (Å²) < 4.78 is 0. The van der Waals surface area contributed by atoms with Crippen LogP contribution in [0.15, 0.2) is 53.4 Å².